The Bertz CT molecular complexity index is 676. The van der Waals surface area contributed by atoms with Crippen molar-refractivity contribution in [3.05, 3.63) is 45.0 Å². The number of carbonyl (C=O) groups excluding carboxylic acids is 1. The molecule has 1 amide bonds. The number of rotatable bonds is 7. The second-order valence-electron chi connectivity index (χ2n) is 4.75. The Hall–Kier alpha value is -2.12. The van der Waals surface area contributed by atoms with Gasteiger partial charge in [-0.1, -0.05) is 11.3 Å². The maximum atomic E-state index is 11.9. The zero-order valence-corrected chi connectivity index (χ0v) is 13.2. The van der Waals surface area contributed by atoms with Crippen molar-refractivity contribution in [3.8, 4) is 5.75 Å². The predicted octanol–water partition coefficient (Wildman–Crippen LogP) is 1.58. The van der Waals surface area contributed by atoms with Crippen LogP contribution >= 0.6 is 11.3 Å². The maximum Gasteiger partial charge on any atom is 0.307 e. The van der Waals surface area contributed by atoms with E-state index in [9.17, 15) is 9.59 Å². The van der Waals surface area contributed by atoms with Gasteiger partial charge in [-0.25, -0.2) is 0 Å². The molecule has 6 nitrogen and oxygen atoms in total. The highest BCUT2D eigenvalue weighted by Crippen LogP contribution is 2.15. The van der Waals surface area contributed by atoms with Gasteiger partial charge < -0.3 is 20.4 Å². The monoisotopic (exact) mass is 321 g/mol. The van der Waals surface area contributed by atoms with E-state index in [0.717, 1.165) is 17.0 Å². The molecule has 0 aliphatic rings. The van der Waals surface area contributed by atoms with Gasteiger partial charge in [0.1, 0.15) is 12.4 Å². The zero-order valence-electron chi connectivity index (χ0n) is 12.4. The maximum absolute atomic E-state index is 11.9. The third kappa shape index (κ3) is 4.44. The molecule has 7 heteroatoms. The van der Waals surface area contributed by atoms with Gasteiger partial charge in [-0.3, -0.25) is 9.59 Å². The number of amides is 1. The van der Waals surface area contributed by atoms with Crippen molar-refractivity contribution in [1.29, 1.82) is 0 Å². The minimum absolute atomic E-state index is 0.0355. The molecule has 0 fully saturated rings. The van der Waals surface area contributed by atoms with Crippen LogP contribution in [0.4, 0.5) is 5.69 Å². The third-order valence-electron chi connectivity index (χ3n) is 3.06. The Morgan fingerprint density at radius 2 is 2.09 bits per heavy atom. The molecule has 0 radical (unpaired) electrons. The first-order chi connectivity index (χ1) is 10.6. The predicted molar refractivity (Wildman–Crippen MR) is 87.6 cm³/mol. The molecule has 2 aromatic rings. The molecule has 1 aromatic carbocycles. The molecule has 3 N–H and O–H groups in total. The summed E-state index contributed by atoms with van der Waals surface area (Å²) in [5.41, 5.74) is 6.93. The molecular weight excluding hydrogens is 302 g/mol. The number of nitrogens with zero attached hydrogens (tertiary/aromatic N) is 1. The van der Waals surface area contributed by atoms with Crippen molar-refractivity contribution in [3.63, 3.8) is 0 Å². The number of benzene rings is 1. The molecule has 1 aromatic heterocycles. The minimum atomic E-state index is -0.131. The number of carbonyl (C=O) groups is 1. The number of anilines is 1. The molecule has 2 rings (SSSR count). The highest BCUT2D eigenvalue weighted by molar-refractivity contribution is 7.07. The van der Waals surface area contributed by atoms with Gasteiger partial charge in [0.25, 0.3) is 0 Å². The minimum Gasteiger partial charge on any atom is -0.492 e. The first kappa shape index (κ1) is 16.3. The summed E-state index contributed by atoms with van der Waals surface area (Å²) in [6.07, 6.45) is 0.253. The fourth-order valence-corrected chi connectivity index (χ4v) is 2.68. The fourth-order valence-electron chi connectivity index (χ4n) is 1.92. The summed E-state index contributed by atoms with van der Waals surface area (Å²) in [4.78, 5) is 23.4. The zero-order chi connectivity index (χ0) is 15.9. The topological polar surface area (TPSA) is 86.3 Å². The van der Waals surface area contributed by atoms with Crippen LogP contribution in [0.5, 0.6) is 5.75 Å². The summed E-state index contributed by atoms with van der Waals surface area (Å²) in [7, 11) is 0. The Morgan fingerprint density at radius 3 is 2.68 bits per heavy atom. The average molecular weight is 321 g/mol. The number of hydrogen-bond donors (Lipinski definition) is 2. The Labute approximate surface area is 132 Å². The van der Waals surface area contributed by atoms with Gasteiger partial charge in [-0.2, -0.15) is 0 Å². The lowest BCUT2D eigenvalue weighted by molar-refractivity contribution is -0.116. The van der Waals surface area contributed by atoms with Crippen LogP contribution < -0.4 is 20.7 Å². The molecule has 0 atom stereocenters. The second-order valence-corrected chi connectivity index (χ2v) is 5.57. The molecule has 0 unspecified atom stereocenters. The van der Waals surface area contributed by atoms with Crippen molar-refractivity contribution in [2.45, 2.75) is 19.9 Å². The van der Waals surface area contributed by atoms with Crippen molar-refractivity contribution >= 4 is 22.9 Å². The van der Waals surface area contributed by atoms with Crippen LogP contribution in [0.3, 0.4) is 0 Å². The van der Waals surface area contributed by atoms with Crippen LogP contribution in [-0.4, -0.2) is 23.6 Å². The molecule has 22 heavy (non-hydrogen) atoms. The molecular formula is C15H19N3O3S. The Balaban J connectivity index is 1.85. The SMILES string of the molecule is Cc1csc(=O)n1CCC(=O)Nc1ccc(OCCN)cc1. The summed E-state index contributed by atoms with van der Waals surface area (Å²) in [5.74, 6) is 0.581. The number of aryl methyl sites for hydroxylation is 1. The lowest BCUT2D eigenvalue weighted by Gasteiger charge is -2.08. The van der Waals surface area contributed by atoms with Crippen LogP contribution in [0.1, 0.15) is 12.1 Å². The summed E-state index contributed by atoms with van der Waals surface area (Å²) in [6.45, 7) is 3.16. The quantitative estimate of drug-likeness (QED) is 0.811. The average Bonchev–Trinajstić information content (AvgIpc) is 2.83. The van der Waals surface area contributed by atoms with E-state index in [1.807, 2.05) is 6.92 Å². The fraction of sp³-hybridized carbons (Fsp3) is 0.333. The Morgan fingerprint density at radius 1 is 1.36 bits per heavy atom. The Kier molecular flexibility index (Phi) is 5.74. The van der Waals surface area contributed by atoms with Crippen LogP contribution in [-0.2, 0) is 11.3 Å². The van der Waals surface area contributed by atoms with Gasteiger partial charge in [0, 0.05) is 36.3 Å². The third-order valence-corrected chi connectivity index (χ3v) is 3.94. The van der Waals surface area contributed by atoms with Gasteiger partial charge in [-0.15, -0.1) is 0 Å². The van der Waals surface area contributed by atoms with Gasteiger partial charge >= 0.3 is 4.87 Å². The highest BCUT2D eigenvalue weighted by Gasteiger charge is 2.07. The van der Waals surface area contributed by atoms with Crippen molar-refractivity contribution in [2.75, 3.05) is 18.5 Å². The van der Waals surface area contributed by atoms with Crippen LogP contribution in [0.15, 0.2) is 34.4 Å². The lowest BCUT2D eigenvalue weighted by atomic mass is 10.3. The van der Waals surface area contributed by atoms with Gasteiger partial charge in [-0.05, 0) is 31.2 Å². The molecule has 1 heterocycles. The molecule has 118 valence electrons. The van der Waals surface area contributed by atoms with Crippen molar-refractivity contribution in [2.24, 2.45) is 5.73 Å². The molecule has 0 spiro atoms. The van der Waals surface area contributed by atoms with E-state index in [1.165, 1.54) is 0 Å². The number of hydrogen-bond acceptors (Lipinski definition) is 5. The smallest absolute Gasteiger partial charge is 0.307 e. The van der Waals surface area contributed by atoms with Gasteiger partial charge in [0.05, 0.1) is 0 Å². The van der Waals surface area contributed by atoms with E-state index in [0.29, 0.717) is 31.1 Å². The van der Waals surface area contributed by atoms with E-state index >= 15 is 0 Å². The molecule has 0 aliphatic heterocycles. The van der Waals surface area contributed by atoms with E-state index in [-0.39, 0.29) is 17.2 Å². The number of ether oxygens (including phenoxy) is 1. The number of nitrogens with two attached hydrogens (primary N) is 1. The second kappa shape index (κ2) is 7.77. The standard InChI is InChI=1S/C15H19N3O3S/c1-11-10-22-15(20)18(11)8-6-14(19)17-12-2-4-13(5-3-12)21-9-7-16/h2-5,10H,6-9,16H2,1H3,(H,17,19). The first-order valence-electron chi connectivity index (χ1n) is 6.98. The van der Waals surface area contributed by atoms with E-state index in [2.05, 4.69) is 5.32 Å². The molecule has 0 aliphatic carbocycles. The highest BCUT2D eigenvalue weighted by atomic mass is 32.1. The number of aromatic nitrogens is 1. The van der Waals surface area contributed by atoms with E-state index < -0.39 is 0 Å². The van der Waals surface area contributed by atoms with Crippen LogP contribution in [0.25, 0.3) is 0 Å². The van der Waals surface area contributed by atoms with Crippen molar-refractivity contribution in [1.82, 2.24) is 4.57 Å². The normalized spacial score (nSPS) is 10.5. The van der Waals surface area contributed by atoms with E-state index in [1.54, 1.807) is 34.2 Å². The summed E-state index contributed by atoms with van der Waals surface area (Å²) in [5, 5.41) is 4.59. The van der Waals surface area contributed by atoms with Crippen LogP contribution in [0, 0.1) is 6.92 Å². The summed E-state index contributed by atoms with van der Waals surface area (Å²) >= 11 is 1.15. The summed E-state index contributed by atoms with van der Waals surface area (Å²) < 4.78 is 6.97. The number of nitrogens with one attached hydrogen (secondary N) is 1. The summed E-state index contributed by atoms with van der Waals surface area (Å²) in [6, 6.07) is 7.09. The van der Waals surface area contributed by atoms with Crippen molar-refractivity contribution < 1.29 is 9.53 Å². The van der Waals surface area contributed by atoms with Gasteiger partial charge in [0.2, 0.25) is 5.91 Å². The van der Waals surface area contributed by atoms with E-state index in [4.69, 9.17) is 10.5 Å². The molecule has 0 saturated carbocycles. The van der Waals surface area contributed by atoms with Gasteiger partial charge in [0.15, 0.2) is 0 Å². The lowest BCUT2D eigenvalue weighted by Crippen LogP contribution is -2.20. The van der Waals surface area contributed by atoms with Crippen LogP contribution in [0.2, 0.25) is 0 Å². The number of thiazole rings is 1. The first-order valence-corrected chi connectivity index (χ1v) is 7.86. The largest absolute Gasteiger partial charge is 0.492 e. The molecule has 0 bridgehead atoms. The molecule has 0 saturated heterocycles.